The van der Waals surface area contributed by atoms with Gasteiger partial charge in [0, 0.05) is 10.0 Å². The zero-order chi connectivity index (χ0) is 16.2. The molecule has 0 amide bonds. The molecule has 1 aromatic rings. The first-order valence-electron chi connectivity index (χ1n) is 6.86. The van der Waals surface area contributed by atoms with E-state index in [0.29, 0.717) is 17.3 Å². The standard InChI is InChI=1S/C14H15BrF2N2O2S.ClH/c15-9-2-3-11(17)10(6-9)13(7-16)8-22(20,21)14(4-1-5-14)12(18)19-13;/h2-3,6H,1,4-5,7-8H2,(H2,18,19);1H. The maximum absolute atomic E-state index is 14.2. The van der Waals surface area contributed by atoms with E-state index in [1.807, 2.05) is 0 Å². The van der Waals surface area contributed by atoms with E-state index in [-0.39, 0.29) is 23.8 Å². The third kappa shape index (κ3) is 2.59. The Bertz CT molecular complexity index is 768. The van der Waals surface area contributed by atoms with E-state index < -0.39 is 38.4 Å². The van der Waals surface area contributed by atoms with Crippen molar-refractivity contribution in [2.45, 2.75) is 29.5 Å². The zero-order valence-electron chi connectivity index (χ0n) is 12.1. The molecule has 2 aliphatic rings. The van der Waals surface area contributed by atoms with E-state index in [0.717, 1.165) is 12.5 Å². The second-order valence-corrected chi connectivity index (χ2v) is 9.11. The average Bonchev–Trinajstić information content (AvgIpc) is 2.38. The van der Waals surface area contributed by atoms with Crippen LogP contribution >= 0.6 is 28.3 Å². The van der Waals surface area contributed by atoms with Gasteiger partial charge in [-0.05, 0) is 37.5 Å². The van der Waals surface area contributed by atoms with Crippen LogP contribution in [-0.4, -0.2) is 31.4 Å². The third-order valence-electron chi connectivity index (χ3n) is 4.64. The Hall–Kier alpha value is -0.730. The topological polar surface area (TPSA) is 72.5 Å². The SMILES string of the molecule is Cl.NC1=NC(CF)(c2cc(Br)ccc2F)CS(=O)(=O)C12CCC2. The minimum Gasteiger partial charge on any atom is -0.386 e. The minimum atomic E-state index is -3.71. The highest BCUT2D eigenvalue weighted by Gasteiger charge is 2.59. The van der Waals surface area contributed by atoms with Crippen molar-refractivity contribution in [1.82, 2.24) is 0 Å². The van der Waals surface area contributed by atoms with E-state index in [9.17, 15) is 17.2 Å². The maximum Gasteiger partial charge on any atom is 0.166 e. The first kappa shape index (κ1) is 18.6. The molecular weight excluding hydrogens is 414 g/mol. The molecule has 0 saturated heterocycles. The Kier molecular flexibility index (Phi) is 4.83. The van der Waals surface area contributed by atoms with Crippen molar-refractivity contribution in [3.8, 4) is 0 Å². The molecule has 0 aromatic heterocycles. The molecule has 1 spiro atoms. The van der Waals surface area contributed by atoms with Gasteiger partial charge in [-0.2, -0.15) is 0 Å². The zero-order valence-corrected chi connectivity index (χ0v) is 15.3. The van der Waals surface area contributed by atoms with E-state index in [2.05, 4.69) is 20.9 Å². The smallest absolute Gasteiger partial charge is 0.166 e. The molecule has 4 nitrogen and oxygen atoms in total. The summed E-state index contributed by atoms with van der Waals surface area (Å²) in [6.45, 7) is -1.13. The average molecular weight is 430 g/mol. The van der Waals surface area contributed by atoms with Gasteiger partial charge in [-0.1, -0.05) is 15.9 Å². The van der Waals surface area contributed by atoms with Gasteiger partial charge in [-0.25, -0.2) is 17.2 Å². The fraction of sp³-hybridized carbons (Fsp3) is 0.500. The fourth-order valence-corrected chi connectivity index (χ4v) is 6.01. The molecule has 1 saturated carbocycles. The van der Waals surface area contributed by atoms with Crippen molar-refractivity contribution in [2.75, 3.05) is 12.4 Å². The van der Waals surface area contributed by atoms with Crippen LogP contribution in [0.5, 0.6) is 0 Å². The van der Waals surface area contributed by atoms with Crippen LogP contribution in [0, 0.1) is 5.82 Å². The number of benzene rings is 1. The number of alkyl halides is 1. The Balaban J connectivity index is 0.00000192. The van der Waals surface area contributed by atoms with Gasteiger partial charge in [0.2, 0.25) is 0 Å². The number of hydrogen-bond donors (Lipinski definition) is 1. The first-order chi connectivity index (χ1) is 10.3. The molecule has 1 unspecified atom stereocenters. The van der Waals surface area contributed by atoms with Gasteiger partial charge >= 0.3 is 0 Å². The Labute approximate surface area is 148 Å². The summed E-state index contributed by atoms with van der Waals surface area (Å²) >= 11 is 3.19. The first-order valence-corrected chi connectivity index (χ1v) is 9.30. The summed E-state index contributed by atoms with van der Waals surface area (Å²) in [4.78, 5) is 4.15. The molecule has 1 fully saturated rings. The van der Waals surface area contributed by atoms with Crippen LogP contribution in [0.3, 0.4) is 0 Å². The van der Waals surface area contributed by atoms with Gasteiger partial charge < -0.3 is 5.73 Å². The lowest BCUT2D eigenvalue weighted by Gasteiger charge is -2.46. The minimum absolute atomic E-state index is 0. The molecular formula is C14H16BrClF2N2O2S. The predicted molar refractivity (Wildman–Crippen MR) is 91.0 cm³/mol. The lowest BCUT2D eigenvalue weighted by atomic mass is 9.82. The molecule has 128 valence electrons. The number of hydrogen-bond acceptors (Lipinski definition) is 4. The van der Waals surface area contributed by atoms with E-state index >= 15 is 0 Å². The van der Waals surface area contributed by atoms with Crippen LogP contribution in [0.1, 0.15) is 24.8 Å². The highest BCUT2D eigenvalue weighted by molar-refractivity contribution is 9.10. The highest BCUT2D eigenvalue weighted by Crippen LogP contribution is 2.47. The molecule has 3 rings (SSSR count). The van der Waals surface area contributed by atoms with Crippen LogP contribution in [0.25, 0.3) is 0 Å². The van der Waals surface area contributed by atoms with Gasteiger partial charge in [0.25, 0.3) is 0 Å². The molecule has 23 heavy (non-hydrogen) atoms. The number of nitrogens with two attached hydrogens (primary N) is 1. The number of aliphatic imine (C=N–C) groups is 1. The van der Waals surface area contributed by atoms with Crippen LogP contribution in [-0.2, 0) is 15.4 Å². The van der Waals surface area contributed by atoms with Crippen LogP contribution in [0.15, 0.2) is 27.7 Å². The number of halogens is 4. The molecule has 1 heterocycles. The summed E-state index contributed by atoms with van der Waals surface area (Å²) in [5.41, 5.74) is 4.00. The van der Waals surface area contributed by atoms with E-state index in [1.54, 1.807) is 0 Å². The molecule has 1 atom stereocenters. The monoisotopic (exact) mass is 428 g/mol. The number of rotatable bonds is 2. The summed E-state index contributed by atoms with van der Waals surface area (Å²) in [6, 6.07) is 3.98. The van der Waals surface area contributed by atoms with Gasteiger partial charge in [0.15, 0.2) is 9.84 Å². The van der Waals surface area contributed by atoms with Crippen molar-refractivity contribution >= 4 is 44.0 Å². The van der Waals surface area contributed by atoms with Crippen molar-refractivity contribution in [3.63, 3.8) is 0 Å². The number of amidine groups is 1. The van der Waals surface area contributed by atoms with Crippen molar-refractivity contribution in [1.29, 1.82) is 0 Å². The molecule has 1 aliphatic heterocycles. The van der Waals surface area contributed by atoms with Crippen LogP contribution in [0.2, 0.25) is 0 Å². The lowest BCUT2D eigenvalue weighted by molar-refractivity contribution is 0.311. The summed E-state index contributed by atoms with van der Waals surface area (Å²) in [5.74, 6) is -1.36. The van der Waals surface area contributed by atoms with Gasteiger partial charge in [0.05, 0.1) is 5.75 Å². The second kappa shape index (κ2) is 5.97. The van der Waals surface area contributed by atoms with Gasteiger partial charge in [-0.3, -0.25) is 4.99 Å². The maximum atomic E-state index is 14.2. The Morgan fingerprint density at radius 3 is 2.48 bits per heavy atom. The summed E-state index contributed by atoms with van der Waals surface area (Å²) in [7, 11) is -3.71. The van der Waals surface area contributed by atoms with Crippen LogP contribution in [0.4, 0.5) is 8.78 Å². The largest absolute Gasteiger partial charge is 0.386 e. The van der Waals surface area contributed by atoms with Crippen LogP contribution < -0.4 is 5.73 Å². The van der Waals surface area contributed by atoms with E-state index in [4.69, 9.17) is 5.73 Å². The Morgan fingerprint density at radius 2 is 2.00 bits per heavy atom. The second-order valence-electron chi connectivity index (χ2n) is 5.89. The molecule has 1 aliphatic carbocycles. The van der Waals surface area contributed by atoms with Crippen molar-refractivity contribution in [3.05, 3.63) is 34.1 Å². The molecule has 1 aromatic carbocycles. The predicted octanol–water partition coefficient (Wildman–Crippen LogP) is 2.88. The highest BCUT2D eigenvalue weighted by atomic mass is 79.9. The normalized spacial score (nSPS) is 27.7. The molecule has 0 bridgehead atoms. The third-order valence-corrected chi connectivity index (χ3v) is 7.80. The summed E-state index contributed by atoms with van der Waals surface area (Å²) in [5, 5.41) is 0. The Morgan fingerprint density at radius 1 is 1.35 bits per heavy atom. The summed E-state index contributed by atoms with van der Waals surface area (Å²) < 4.78 is 52.7. The number of nitrogens with zero attached hydrogens (tertiary/aromatic N) is 1. The van der Waals surface area contributed by atoms with E-state index in [1.165, 1.54) is 12.1 Å². The van der Waals surface area contributed by atoms with Gasteiger partial charge in [-0.15, -0.1) is 12.4 Å². The molecule has 9 heteroatoms. The quantitative estimate of drug-likeness (QED) is 0.786. The molecule has 2 N–H and O–H groups in total. The lowest BCUT2D eigenvalue weighted by Crippen LogP contribution is -2.62. The van der Waals surface area contributed by atoms with Gasteiger partial charge in [0.1, 0.15) is 28.6 Å². The summed E-state index contributed by atoms with van der Waals surface area (Å²) in [6.07, 6.45) is 1.53. The molecule has 0 radical (unpaired) electrons. The van der Waals surface area contributed by atoms with Crippen molar-refractivity contribution in [2.24, 2.45) is 10.7 Å². The van der Waals surface area contributed by atoms with Crippen molar-refractivity contribution < 1.29 is 17.2 Å². The fourth-order valence-electron chi connectivity index (χ4n) is 3.17. The number of sulfone groups is 1.